The number of furan rings is 1. The molecule has 1 aromatic carbocycles. The Balaban J connectivity index is 1.78. The highest BCUT2D eigenvalue weighted by Gasteiger charge is 2.15. The predicted octanol–water partition coefficient (Wildman–Crippen LogP) is 2.74. The van der Waals surface area contributed by atoms with Crippen molar-refractivity contribution >= 4 is 5.91 Å². The van der Waals surface area contributed by atoms with Gasteiger partial charge < -0.3 is 9.73 Å². The minimum Gasteiger partial charge on any atom is -0.467 e. The van der Waals surface area contributed by atoms with Crippen LogP contribution in [-0.2, 0) is 6.54 Å². The standard InChI is InChI=1S/C15H12FN3O2/c16-11-5-3-10(4-6-11)14-13(9-18-19-14)15(20)17-8-12-2-1-7-21-12/h1-7,9H,8H2,(H,17,20)(H,18,19). The predicted molar refractivity (Wildman–Crippen MR) is 73.9 cm³/mol. The fraction of sp³-hybridized carbons (Fsp3) is 0.0667. The van der Waals surface area contributed by atoms with Crippen LogP contribution in [0.5, 0.6) is 0 Å². The zero-order valence-electron chi connectivity index (χ0n) is 11.0. The molecule has 6 heteroatoms. The lowest BCUT2D eigenvalue weighted by atomic mass is 10.1. The Kier molecular flexibility index (Phi) is 3.51. The van der Waals surface area contributed by atoms with Gasteiger partial charge >= 0.3 is 0 Å². The number of aromatic nitrogens is 2. The second kappa shape index (κ2) is 5.62. The van der Waals surface area contributed by atoms with E-state index < -0.39 is 0 Å². The van der Waals surface area contributed by atoms with Crippen LogP contribution in [0.15, 0.2) is 53.3 Å². The maximum Gasteiger partial charge on any atom is 0.255 e. The molecule has 2 aromatic heterocycles. The Bertz CT molecular complexity index is 733. The summed E-state index contributed by atoms with van der Waals surface area (Å²) in [5.41, 5.74) is 1.64. The van der Waals surface area contributed by atoms with Crippen LogP contribution in [0.3, 0.4) is 0 Å². The highest BCUT2D eigenvalue weighted by Crippen LogP contribution is 2.21. The van der Waals surface area contributed by atoms with Gasteiger partial charge in [0.25, 0.3) is 5.91 Å². The van der Waals surface area contributed by atoms with Crippen molar-refractivity contribution in [1.29, 1.82) is 0 Å². The van der Waals surface area contributed by atoms with Gasteiger partial charge in [0.1, 0.15) is 11.6 Å². The second-order valence-electron chi connectivity index (χ2n) is 4.43. The van der Waals surface area contributed by atoms with Crippen molar-refractivity contribution in [1.82, 2.24) is 15.5 Å². The minimum absolute atomic E-state index is 0.278. The van der Waals surface area contributed by atoms with Gasteiger partial charge in [-0.05, 0) is 36.4 Å². The number of carbonyl (C=O) groups is 1. The van der Waals surface area contributed by atoms with Crippen molar-refractivity contribution < 1.29 is 13.6 Å². The van der Waals surface area contributed by atoms with Crippen LogP contribution in [0.2, 0.25) is 0 Å². The number of H-pyrrole nitrogens is 1. The van der Waals surface area contributed by atoms with Crippen molar-refractivity contribution in [2.75, 3.05) is 0 Å². The molecule has 0 atom stereocenters. The smallest absolute Gasteiger partial charge is 0.255 e. The molecule has 0 saturated heterocycles. The zero-order chi connectivity index (χ0) is 14.7. The summed E-state index contributed by atoms with van der Waals surface area (Å²) in [7, 11) is 0. The molecule has 0 aliphatic carbocycles. The van der Waals surface area contributed by atoms with Crippen LogP contribution >= 0.6 is 0 Å². The summed E-state index contributed by atoms with van der Waals surface area (Å²) >= 11 is 0. The number of nitrogens with zero attached hydrogens (tertiary/aromatic N) is 1. The molecule has 2 N–H and O–H groups in total. The van der Waals surface area contributed by atoms with Crippen LogP contribution < -0.4 is 5.32 Å². The maximum atomic E-state index is 12.9. The van der Waals surface area contributed by atoms with Gasteiger partial charge in [-0.25, -0.2) is 4.39 Å². The fourth-order valence-electron chi connectivity index (χ4n) is 1.97. The molecule has 5 nitrogen and oxygen atoms in total. The molecular formula is C15H12FN3O2. The summed E-state index contributed by atoms with van der Waals surface area (Å²) in [6, 6.07) is 9.37. The minimum atomic E-state index is -0.331. The molecule has 21 heavy (non-hydrogen) atoms. The lowest BCUT2D eigenvalue weighted by Crippen LogP contribution is -2.22. The third kappa shape index (κ3) is 2.84. The number of carbonyl (C=O) groups excluding carboxylic acids is 1. The Morgan fingerprint density at radius 2 is 2.10 bits per heavy atom. The van der Waals surface area contributed by atoms with E-state index in [-0.39, 0.29) is 11.7 Å². The number of hydrogen-bond donors (Lipinski definition) is 2. The van der Waals surface area contributed by atoms with E-state index in [0.29, 0.717) is 29.1 Å². The molecule has 0 spiro atoms. The van der Waals surface area contributed by atoms with Crippen molar-refractivity contribution in [3.05, 3.63) is 66.0 Å². The molecule has 0 radical (unpaired) electrons. The van der Waals surface area contributed by atoms with Crippen LogP contribution in [0.1, 0.15) is 16.1 Å². The highest BCUT2D eigenvalue weighted by atomic mass is 19.1. The lowest BCUT2D eigenvalue weighted by Gasteiger charge is -2.04. The average Bonchev–Trinajstić information content (AvgIpc) is 3.17. The highest BCUT2D eigenvalue weighted by molar-refractivity contribution is 5.99. The Morgan fingerprint density at radius 1 is 1.29 bits per heavy atom. The molecule has 2 heterocycles. The average molecular weight is 285 g/mol. The van der Waals surface area contributed by atoms with Crippen molar-refractivity contribution in [3.8, 4) is 11.3 Å². The van der Waals surface area contributed by atoms with Gasteiger partial charge in [0.2, 0.25) is 0 Å². The van der Waals surface area contributed by atoms with E-state index in [0.717, 1.165) is 0 Å². The first-order chi connectivity index (χ1) is 10.2. The largest absolute Gasteiger partial charge is 0.467 e. The molecule has 3 aromatic rings. The van der Waals surface area contributed by atoms with Crippen LogP contribution in [0.4, 0.5) is 4.39 Å². The van der Waals surface area contributed by atoms with E-state index in [1.165, 1.54) is 18.3 Å². The van der Waals surface area contributed by atoms with Crippen LogP contribution in [0.25, 0.3) is 11.3 Å². The van der Waals surface area contributed by atoms with E-state index in [1.54, 1.807) is 30.5 Å². The maximum absolute atomic E-state index is 12.9. The van der Waals surface area contributed by atoms with Crippen molar-refractivity contribution in [2.24, 2.45) is 0 Å². The second-order valence-corrected chi connectivity index (χ2v) is 4.43. The Morgan fingerprint density at radius 3 is 2.81 bits per heavy atom. The fourth-order valence-corrected chi connectivity index (χ4v) is 1.97. The van der Waals surface area contributed by atoms with E-state index in [1.807, 2.05) is 0 Å². The zero-order valence-corrected chi connectivity index (χ0v) is 11.0. The number of aromatic amines is 1. The molecule has 0 aliphatic heterocycles. The van der Waals surface area contributed by atoms with E-state index >= 15 is 0 Å². The van der Waals surface area contributed by atoms with E-state index in [9.17, 15) is 9.18 Å². The molecule has 1 amide bonds. The summed E-state index contributed by atoms with van der Waals surface area (Å²) < 4.78 is 18.1. The number of rotatable bonds is 4. The van der Waals surface area contributed by atoms with E-state index in [2.05, 4.69) is 15.5 Å². The summed E-state index contributed by atoms with van der Waals surface area (Å²) in [5.74, 6) is 0.0525. The third-order valence-electron chi connectivity index (χ3n) is 3.02. The van der Waals surface area contributed by atoms with Gasteiger partial charge in [-0.15, -0.1) is 0 Å². The molecule has 0 aliphatic rings. The molecule has 3 rings (SSSR count). The van der Waals surface area contributed by atoms with Crippen molar-refractivity contribution in [3.63, 3.8) is 0 Å². The van der Waals surface area contributed by atoms with E-state index in [4.69, 9.17) is 4.42 Å². The monoisotopic (exact) mass is 285 g/mol. The quantitative estimate of drug-likeness (QED) is 0.774. The van der Waals surface area contributed by atoms with Gasteiger partial charge in [0.05, 0.1) is 30.3 Å². The first kappa shape index (κ1) is 13.1. The van der Waals surface area contributed by atoms with Gasteiger partial charge in [0, 0.05) is 5.56 Å². The first-order valence-corrected chi connectivity index (χ1v) is 6.34. The third-order valence-corrected chi connectivity index (χ3v) is 3.02. The summed E-state index contributed by atoms with van der Waals surface area (Å²) in [6.07, 6.45) is 2.99. The summed E-state index contributed by atoms with van der Waals surface area (Å²) in [6.45, 7) is 0.292. The molecule has 0 saturated carbocycles. The molecule has 0 fully saturated rings. The molecular weight excluding hydrogens is 273 g/mol. The Labute approximate surface area is 119 Å². The van der Waals surface area contributed by atoms with Gasteiger partial charge in [0.15, 0.2) is 0 Å². The molecule has 0 bridgehead atoms. The molecule has 106 valence electrons. The number of hydrogen-bond acceptors (Lipinski definition) is 3. The van der Waals surface area contributed by atoms with Gasteiger partial charge in [-0.2, -0.15) is 5.10 Å². The number of halogens is 1. The number of benzene rings is 1. The normalized spacial score (nSPS) is 10.5. The van der Waals surface area contributed by atoms with Gasteiger partial charge in [-0.3, -0.25) is 9.89 Å². The van der Waals surface area contributed by atoms with Crippen molar-refractivity contribution in [2.45, 2.75) is 6.54 Å². The van der Waals surface area contributed by atoms with Crippen LogP contribution in [-0.4, -0.2) is 16.1 Å². The SMILES string of the molecule is O=C(NCc1ccco1)c1cn[nH]c1-c1ccc(F)cc1. The lowest BCUT2D eigenvalue weighted by molar-refractivity contribution is 0.0949. The summed E-state index contributed by atoms with van der Waals surface area (Å²) in [5, 5.41) is 9.39. The molecule has 0 unspecified atom stereocenters. The van der Waals surface area contributed by atoms with Crippen LogP contribution in [0, 0.1) is 5.82 Å². The van der Waals surface area contributed by atoms with Gasteiger partial charge in [-0.1, -0.05) is 0 Å². The topological polar surface area (TPSA) is 70.9 Å². The summed E-state index contributed by atoms with van der Waals surface area (Å²) in [4.78, 5) is 12.2. The first-order valence-electron chi connectivity index (χ1n) is 6.34. The number of amides is 1. The Hall–Kier alpha value is -2.89. The number of nitrogens with one attached hydrogen (secondary N) is 2.